The first kappa shape index (κ1) is 23.3. The largest absolute Gasteiger partial charge is 0.480 e. The second-order valence-electron chi connectivity index (χ2n) is 7.26. The van der Waals surface area contributed by atoms with Crippen molar-refractivity contribution in [2.75, 3.05) is 6.54 Å². The van der Waals surface area contributed by atoms with Crippen molar-refractivity contribution in [2.45, 2.75) is 64.2 Å². The number of aliphatic carboxylic acids is 1. The maximum atomic E-state index is 12.5. The zero-order chi connectivity index (χ0) is 21.6. The predicted molar refractivity (Wildman–Crippen MR) is 98.5 cm³/mol. The van der Waals surface area contributed by atoms with E-state index in [1.807, 2.05) is 13.8 Å². The lowest BCUT2D eigenvalue weighted by Crippen LogP contribution is -2.56. The lowest BCUT2D eigenvalue weighted by molar-refractivity contribution is -0.144. The van der Waals surface area contributed by atoms with Gasteiger partial charge in [-0.3, -0.25) is 19.2 Å². The molecule has 4 amide bonds. The van der Waals surface area contributed by atoms with Crippen LogP contribution in [0.1, 0.15) is 40.0 Å². The molecule has 4 unspecified atom stereocenters. The van der Waals surface area contributed by atoms with Gasteiger partial charge in [-0.25, -0.2) is 4.79 Å². The Morgan fingerprint density at radius 2 is 1.75 bits per heavy atom. The zero-order valence-corrected chi connectivity index (χ0v) is 16.3. The van der Waals surface area contributed by atoms with Gasteiger partial charge in [0.25, 0.3) is 0 Å². The highest BCUT2D eigenvalue weighted by molar-refractivity contribution is 5.95. The SMILES string of the molecule is CC(NC(=O)C1CCCN1C(=O)C(N)C(C)C)C(=O)NC(CC(N)=O)C(=O)O. The lowest BCUT2D eigenvalue weighted by atomic mass is 10.0. The number of primary amides is 1. The van der Waals surface area contributed by atoms with Crippen LogP contribution < -0.4 is 22.1 Å². The minimum atomic E-state index is -1.49. The molecule has 7 N–H and O–H groups in total. The Bertz CT molecular complexity index is 638. The highest BCUT2D eigenvalue weighted by Gasteiger charge is 2.37. The molecule has 0 aromatic heterocycles. The van der Waals surface area contributed by atoms with Crippen LogP contribution in [0.3, 0.4) is 0 Å². The highest BCUT2D eigenvalue weighted by Crippen LogP contribution is 2.19. The molecule has 0 aliphatic carbocycles. The van der Waals surface area contributed by atoms with Gasteiger partial charge in [0.05, 0.1) is 12.5 Å². The van der Waals surface area contributed by atoms with E-state index >= 15 is 0 Å². The molecule has 0 radical (unpaired) electrons. The Kier molecular flexibility index (Phi) is 8.35. The van der Waals surface area contributed by atoms with Crippen LogP contribution in [0.5, 0.6) is 0 Å². The van der Waals surface area contributed by atoms with E-state index in [1.165, 1.54) is 11.8 Å². The molecule has 11 heteroatoms. The van der Waals surface area contributed by atoms with Crippen LogP contribution >= 0.6 is 0 Å². The molecule has 28 heavy (non-hydrogen) atoms. The van der Waals surface area contributed by atoms with Crippen molar-refractivity contribution in [3.05, 3.63) is 0 Å². The van der Waals surface area contributed by atoms with Gasteiger partial charge in [-0.05, 0) is 25.7 Å². The van der Waals surface area contributed by atoms with E-state index in [-0.39, 0.29) is 11.8 Å². The molecule has 11 nitrogen and oxygen atoms in total. The quantitative estimate of drug-likeness (QED) is 0.294. The second-order valence-corrected chi connectivity index (χ2v) is 7.26. The Morgan fingerprint density at radius 1 is 1.14 bits per heavy atom. The monoisotopic (exact) mass is 399 g/mol. The van der Waals surface area contributed by atoms with Crippen LogP contribution in [0, 0.1) is 5.92 Å². The van der Waals surface area contributed by atoms with Crippen LogP contribution in [-0.2, 0) is 24.0 Å². The van der Waals surface area contributed by atoms with E-state index < -0.39 is 54.3 Å². The fourth-order valence-electron chi connectivity index (χ4n) is 2.85. The summed E-state index contributed by atoms with van der Waals surface area (Å²) >= 11 is 0. The summed E-state index contributed by atoms with van der Waals surface area (Å²) in [6.07, 6.45) is 0.505. The molecule has 158 valence electrons. The van der Waals surface area contributed by atoms with E-state index in [0.29, 0.717) is 19.4 Å². The summed E-state index contributed by atoms with van der Waals surface area (Å²) < 4.78 is 0. The Morgan fingerprint density at radius 3 is 2.25 bits per heavy atom. The van der Waals surface area contributed by atoms with Gasteiger partial charge in [0.1, 0.15) is 18.1 Å². The standard InChI is InChI=1S/C17H29N5O6/c1-8(2)13(19)16(26)22-6-4-5-11(22)15(25)20-9(3)14(24)21-10(17(27)28)7-12(18)23/h8-11,13H,4-7,19H2,1-3H3,(H2,18,23)(H,20,25)(H,21,24)(H,27,28). The van der Waals surface area contributed by atoms with Crippen molar-refractivity contribution < 1.29 is 29.1 Å². The Balaban J connectivity index is 2.72. The molecule has 1 aliphatic heterocycles. The number of hydrogen-bond acceptors (Lipinski definition) is 6. The first-order chi connectivity index (χ1) is 13.0. The first-order valence-electron chi connectivity index (χ1n) is 9.13. The molecule has 1 heterocycles. The van der Waals surface area contributed by atoms with Crippen molar-refractivity contribution >= 4 is 29.6 Å². The van der Waals surface area contributed by atoms with Gasteiger partial charge in [0.15, 0.2) is 0 Å². The molecule has 1 fully saturated rings. The smallest absolute Gasteiger partial charge is 0.326 e. The van der Waals surface area contributed by atoms with Crippen LogP contribution in [0.15, 0.2) is 0 Å². The number of nitrogens with two attached hydrogens (primary N) is 2. The maximum absolute atomic E-state index is 12.5. The van der Waals surface area contributed by atoms with Crippen molar-refractivity contribution in [3.63, 3.8) is 0 Å². The lowest BCUT2D eigenvalue weighted by Gasteiger charge is -2.29. The summed E-state index contributed by atoms with van der Waals surface area (Å²) in [6, 6.07) is -4.02. The van der Waals surface area contributed by atoms with Gasteiger partial charge in [-0.2, -0.15) is 0 Å². The maximum Gasteiger partial charge on any atom is 0.326 e. The van der Waals surface area contributed by atoms with Crippen molar-refractivity contribution in [1.29, 1.82) is 0 Å². The van der Waals surface area contributed by atoms with Crippen molar-refractivity contribution in [3.8, 4) is 0 Å². The van der Waals surface area contributed by atoms with Gasteiger partial charge in [-0.15, -0.1) is 0 Å². The third-order valence-corrected chi connectivity index (χ3v) is 4.61. The van der Waals surface area contributed by atoms with E-state index in [0.717, 1.165) is 0 Å². The molecule has 1 rings (SSSR count). The average molecular weight is 399 g/mol. The van der Waals surface area contributed by atoms with Gasteiger partial charge in [0.2, 0.25) is 23.6 Å². The van der Waals surface area contributed by atoms with Gasteiger partial charge >= 0.3 is 5.97 Å². The number of hydrogen-bond donors (Lipinski definition) is 5. The Hall–Kier alpha value is -2.69. The van der Waals surface area contributed by atoms with Crippen molar-refractivity contribution in [1.82, 2.24) is 15.5 Å². The molecule has 0 saturated carbocycles. The number of carboxylic acids is 1. The van der Waals surface area contributed by atoms with Crippen LogP contribution in [0.25, 0.3) is 0 Å². The number of carboxylic acid groups (broad SMARTS) is 1. The van der Waals surface area contributed by atoms with Gasteiger partial charge < -0.3 is 32.1 Å². The van der Waals surface area contributed by atoms with E-state index in [2.05, 4.69) is 10.6 Å². The molecule has 4 atom stereocenters. The molecular weight excluding hydrogens is 370 g/mol. The summed E-state index contributed by atoms with van der Waals surface area (Å²) in [5, 5.41) is 13.7. The minimum Gasteiger partial charge on any atom is -0.480 e. The molecule has 0 spiro atoms. The topological polar surface area (TPSA) is 185 Å². The predicted octanol–water partition coefficient (Wildman–Crippen LogP) is -2.09. The summed E-state index contributed by atoms with van der Waals surface area (Å²) in [4.78, 5) is 60.6. The van der Waals surface area contributed by atoms with E-state index in [1.54, 1.807) is 0 Å². The highest BCUT2D eigenvalue weighted by atomic mass is 16.4. The summed E-state index contributed by atoms with van der Waals surface area (Å²) in [7, 11) is 0. The van der Waals surface area contributed by atoms with Crippen LogP contribution in [0.4, 0.5) is 0 Å². The van der Waals surface area contributed by atoms with Gasteiger partial charge in [-0.1, -0.05) is 13.8 Å². The molecule has 1 aliphatic rings. The van der Waals surface area contributed by atoms with Gasteiger partial charge in [0, 0.05) is 6.54 Å². The number of carbonyl (C=O) groups excluding carboxylic acids is 4. The van der Waals surface area contributed by atoms with Crippen molar-refractivity contribution in [2.24, 2.45) is 17.4 Å². The van der Waals surface area contributed by atoms with Crippen LogP contribution in [0.2, 0.25) is 0 Å². The second kappa shape index (κ2) is 10.0. The number of nitrogens with zero attached hydrogens (tertiary/aromatic N) is 1. The molecule has 0 aromatic rings. The summed E-state index contributed by atoms with van der Waals surface area (Å²) in [5.41, 5.74) is 10.9. The number of likely N-dealkylation sites (tertiary alicyclic amines) is 1. The first-order valence-corrected chi connectivity index (χ1v) is 9.13. The number of amides is 4. The number of nitrogens with one attached hydrogen (secondary N) is 2. The molecular formula is C17H29N5O6. The summed E-state index contributed by atoms with van der Waals surface area (Å²) in [6.45, 7) is 5.39. The third-order valence-electron chi connectivity index (χ3n) is 4.61. The summed E-state index contributed by atoms with van der Waals surface area (Å²) in [5.74, 6) is -4.01. The van der Waals surface area contributed by atoms with E-state index in [4.69, 9.17) is 16.6 Å². The molecule has 0 aromatic carbocycles. The fraction of sp³-hybridized carbons (Fsp3) is 0.706. The third kappa shape index (κ3) is 6.19. The number of carbonyl (C=O) groups is 5. The zero-order valence-electron chi connectivity index (χ0n) is 16.3. The van der Waals surface area contributed by atoms with E-state index in [9.17, 15) is 24.0 Å². The normalized spacial score (nSPS) is 19.6. The molecule has 0 bridgehead atoms. The minimum absolute atomic E-state index is 0.0836. The fourth-order valence-corrected chi connectivity index (χ4v) is 2.85. The number of rotatable bonds is 9. The van der Waals surface area contributed by atoms with Crippen LogP contribution in [-0.4, -0.2) is 70.3 Å². The Labute approximate surface area is 163 Å². The average Bonchev–Trinajstić information content (AvgIpc) is 3.08. The molecule has 1 saturated heterocycles.